The van der Waals surface area contributed by atoms with Crippen molar-refractivity contribution in [2.75, 3.05) is 53.0 Å². The molecular formula is C21H34F3IN4O. The van der Waals surface area contributed by atoms with Crippen molar-refractivity contribution in [2.24, 2.45) is 4.99 Å². The van der Waals surface area contributed by atoms with E-state index < -0.39 is 11.7 Å². The van der Waals surface area contributed by atoms with E-state index >= 15 is 0 Å². The van der Waals surface area contributed by atoms with Gasteiger partial charge in [-0.3, -0.25) is 9.89 Å². The summed E-state index contributed by atoms with van der Waals surface area (Å²) in [6.07, 6.45) is -1.41. The lowest BCUT2D eigenvalue weighted by molar-refractivity contribution is -0.137. The molecule has 0 bridgehead atoms. The molecule has 1 aliphatic heterocycles. The van der Waals surface area contributed by atoms with Crippen molar-refractivity contribution in [3.05, 3.63) is 35.4 Å². The Balaban J connectivity index is 0.00000450. The van der Waals surface area contributed by atoms with Crippen molar-refractivity contribution < 1.29 is 17.9 Å². The number of hydrogen-bond acceptors (Lipinski definition) is 3. The first-order chi connectivity index (χ1) is 13.9. The molecule has 0 aliphatic carbocycles. The zero-order valence-electron chi connectivity index (χ0n) is 17.8. The molecule has 2 N–H and O–H groups in total. The summed E-state index contributed by atoms with van der Waals surface area (Å²) in [6.45, 7) is 8.20. The standard InChI is InChI=1S/C21H33F3N4O.HI/c1-17(18-6-5-7-19(16-18)21(22,23)24)8-10-27-20(25-2)26-9-3-4-11-28-12-14-29-15-13-28;/h5-7,16-17H,3-4,8-15H2,1-2H3,(H2,25,26,27);1H. The van der Waals surface area contributed by atoms with Gasteiger partial charge in [-0.2, -0.15) is 13.2 Å². The zero-order valence-corrected chi connectivity index (χ0v) is 20.1. The van der Waals surface area contributed by atoms with Gasteiger partial charge >= 0.3 is 6.18 Å². The van der Waals surface area contributed by atoms with E-state index in [1.807, 2.05) is 6.92 Å². The van der Waals surface area contributed by atoms with Crippen molar-refractivity contribution in [1.29, 1.82) is 0 Å². The van der Waals surface area contributed by atoms with Crippen LogP contribution in [0.1, 0.15) is 43.2 Å². The number of halogens is 4. The van der Waals surface area contributed by atoms with E-state index in [0.29, 0.717) is 12.1 Å². The first kappa shape index (κ1) is 27.0. The van der Waals surface area contributed by atoms with Crippen molar-refractivity contribution in [3.63, 3.8) is 0 Å². The first-order valence-electron chi connectivity index (χ1n) is 10.3. The third kappa shape index (κ3) is 9.82. The highest BCUT2D eigenvalue weighted by molar-refractivity contribution is 14.0. The van der Waals surface area contributed by atoms with Crippen molar-refractivity contribution in [2.45, 2.75) is 38.3 Å². The van der Waals surface area contributed by atoms with Crippen LogP contribution in [0.2, 0.25) is 0 Å². The molecular weight excluding hydrogens is 508 g/mol. The summed E-state index contributed by atoms with van der Waals surface area (Å²) in [6, 6.07) is 5.58. The molecule has 1 fully saturated rings. The number of nitrogens with one attached hydrogen (secondary N) is 2. The first-order valence-corrected chi connectivity index (χ1v) is 10.3. The van der Waals surface area contributed by atoms with E-state index in [9.17, 15) is 13.2 Å². The summed E-state index contributed by atoms with van der Waals surface area (Å²) in [4.78, 5) is 6.63. The number of hydrogen-bond donors (Lipinski definition) is 2. The van der Waals surface area contributed by atoms with Gasteiger partial charge < -0.3 is 15.4 Å². The lowest BCUT2D eigenvalue weighted by atomic mass is 9.96. The second-order valence-corrected chi connectivity index (χ2v) is 7.40. The number of rotatable bonds is 9. The average Bonchev–Trinajstić information content (AvgIpc) is 2.72. The van der Waals surface area contributed by atoms with Gasteiger partial charge in [-0.05, 0) is 43.4 Å². The molecule has 172 valence electrons. The Labute approximate surface area is 194 Å². The van der Waals surface area contributed by atoms with Crippen molar-refractivity contribution >= 4 is 29.9 Å². The maximum Gasteiger partial charge on any atom is 0.416 e. The monoisotopic (exact) mass is 542 g/mol. The fourth-order valence-electron chi connectivity index (χ4n) is 3.31. The Hall–Kier alpha value is -1.07. The molecule has 1 aliphatic rings. The minimum absolute atomic E-state index is 0. The topological polar surface area (TPSA) is 48.9 Å². The van der Waals surface area contributed by atoms with Gasteiger partial charge in [-0.1, -0.05) is 25.1 Å². The molecule has 0 aromatic heterocycles. The van der Waals surface area contributed by atoms with Crippen LogP contribution in [0.4, 0.5) is 13.2 Å². The van der Waals surface area contributed by atoms with Gasteiger partial charge in [0, 0.05) is 33.2 Å². The molecule has 9 heteroatoms. The second kappa shape index (κ2) is 14.1. The van der Waals surface area contributed by atoms with Crippen molar-refractivity contribution in [1.82, 2.24) is 15.5 Å². The molecule has 1 atom stereocenters. The molecule has 1 aromatic rings. The highest BCUT2D eigenvalue weighted by Gasteiger charge is 2.30. The number of unbranched alkanes of at least 4 members (excludes halogenated alkanes) is 1. The molecule has 0 radical (unpaired) electrons. The van der Waals surface area contributed by atoms with Gasteiger partial charge in [-0.15, -0.1) is 24.0 Å². The van der Waals surface area contributed by atoms with Crippen LogP contribution in [0, 0.1) is 0 Å². The molecule has 0 spiro atoms. The Bertz CT molecular complexity index is 637. The van der Waals surface area contributed by atoms with Crippen LogP contribution in [0.3, 0.4) is 0 Å². The Kier molecular flexibility index (Phi) is 12.7. The molecule has 1 heterocycles. The van der Waals surface area contributed by atoms with E-state index in [2.05, 4.69) is 20.5 Å². The van der Waals surface area contributed by atoms with E-state index in [4.69, 9.17) is 4.74 Å². The van der Waals surface area contributed by atoms with Gasteiger partial charge in [-0.25, -0.2) is 0 Å². The Morgan fingerprint density at radius 3 is 2.53 bits per heavy atom. The van der Waals surface area contributed by atoms with Crippen LogP contribution in [-0.4, -0.2) is 63.8 Å². The van der Waals surface area contributed by atoms with Crippen LogP contribution in [0.15, 0.2) is 29.3 Å². The molecule has 0 saturated carbocycles. The fourth-order valence-corrected chi connectivity index (χ4v) is 3.31. The normalized spacial score (nSPS) is 16.6. The molecule has 30 heavy (non-hydrogen) atoms. The summed E-state index contributed by atoms with van der Waals surface area (Å²) in [5.41, 5.74) is 0.108. The van der Waals surface area contributed by atoms with E-state index in [0.717, 1.165) is 70.7 Å². The third-order valence-electron chi connectivity index (χ3n) is 5.17. The molecule has 5 nitrogen and oxygen atoms in total. The summed E-state index contributed by atoms with van der Waals surface area (Å²) >= 11 is 0. The van der Waals surface area contributed by atoms with Crippen LogP contribution in [0.25, 0.3) is 0 Å². The third-order valence-corrected chi connectivity index (χ3v) is 5.17. The lowest BCUT2D eigenvalue weighted by Gasteiger charge is -2.26. The largest absolute Gasteiger partial charge is 0.416 e. The van der Waals surface area contributed by atoms with E-state index in [-0.39, 0.29) is 29.9 Å². The summed E-state index contributed by atoms with van der Waals surface area (Å²) < 4.78 is 44.0. The zero-order chi connectivity index (χ0) is 21.1. The Morgan fingerprint density at radius 2 is 1.87 bits per heavy atom. The smallest absolute Gasteiger partial charge is 0.379 e. The number of morpholine rings is 1. The molecule has 0 amide bonds. The maximum absolute atomic E-state index is 12.9. The van der Waals surface area contributed by atoms with Crippen LogP contribution in [0.5, 0.6) is 0 Å². The number of aliphatic imine (C=N–C) groups is 1. The number of nitrogens with zero attached hydrogens (tertiary/aromatic N) is 2. The maximum atomic E-state index is 12.9. The highest BCUT2D eigenvalue weighted by atomic mass is 127. The highest BCUT2D eigenvalue weighted by Crippen LogP contribution is 2.31. The minimum Gasteiger partial charge on any atom is -0.379 e. The van der Waals surface area contributed by atoms with Crippen molar-refractivity contribution in [3.8, 4) is 0 Å². The quantitative estimate of drug-likeness (QED) is 0.214. The van der Waals surface area contributed by atoms with Crippen LogP contribution < -0.4 is 10.6 Å². The molecule has 1 unspecified atom stereocenters. The van der Waals surface area contributed by atoms with E-state index in [1.54, 1.807) is 13.1 Å². The van der Waals surface area contributed by atoms with Gasteiger partial charge in [0.15, 0.2) is 5.96 Å². The lowest BCUT2D eigenvalue weighted by Crippen LogP contribution is -2.39. The minimum atomic E-state index is -4.30. The predicted molar refractivity (Wildman–Crippen MR) is 126 cm³/mol. The van der Waals surface area contributed by atoms with Gasteiger partial charge in [0.1, 0.15) is 0 Å². The molecule has 1 aromatic carbocycles. The molecule has 2 rings (SSSR count). The fraction of sp³-hybridized carbons (Fsp3) is 0.667. The number of benzene rings is 1. The second-order valence-electron chi connectivity index (χ2n) is 7.40. The van der Waals surface area contributed by atoms with Gasteiger partial charge in [0.05, 0.1) is 18.8 Å². The SMILES string of the molecule is CN=C(NCCCCN1CCOCC1)NCCC(C)c1cccc(C(F)(F)F)c1.I. The van der Waals surface area contributed by atoms with E-state index in [1.165, 1.54) is 12.1 Å². The summed E-state index contributed by atoms with van der Waals surface area (Å²) in [5.74, 6) is 0.754. The average molecular weight is 542 g/mol. The molecule has 1 saturated heterocycles. The van der Waals surface area contributed by atoms with Gasteiger partial charge in [0.25, 0.3) is 0 Å². The number of guanidine groups is 1. The number of alkyl halides is 3. The summed E-state index contributed by atoms with van der Waals surface area (Å²) in [5, 5.41) is 6.54. The number of ether oxygens (including phenoxy) is 1. The van der Waals surface area contributed by atoms with Crippen LogP contribution >= 0.6 is 24.0 Å². The summed E-state index contributed by atoms with van der Waals surface area (Å²) in [7, 11) is 1.72. The van der Waals surface area contributed by atoms with Crippen LogP contribution in [-0.2, 0) is 10.9 Å². The predicted octanol–water partition coefficient (Wildman–Crippen LogP) is 4.09. The Morgan fingerprint density at radius 1 is 1.17 bits per heavy atom. The van der Waals surface area contributed by atoms with Gasteiger partial charge in [0.2, 0.25) is 0 Å².